The number of likely N-dealkylation sites (N-methyl/N-ethyl adjacent to an activating group) is 1. The highest BCUT2D eigenvalue weighted by molar-refractivity contribution is 4.99. The molecule has 0 heterocycles. The third-order valence-corrected chi connectivity index (χ3v) is 6.01. The van der Waals surface area contributed by atoms with Gasteiger partial charge in [-0.25, -0.2) is 0 Å². The first kappa shape index (κ1) is 17.3. The van der Waals surface area contributed by atoms with E-state index in [1.165, 1.54) is 57.8 Å². The summed E-state index contributed by atoms with van der Waals surface area (Å²) in [6, 6.07) is 0.557. The Balaban J connectivity index is 2.07. The predicted octanol–water partition coefficient (Wildman–Crippen LogP) is 4.92. The Morgan fingerprint density at radius 2 is 1.67 bits per heavy atom. The molecule has 2 heteroatoms. The molecule has 21 heavy (non-hydrogen) atoms. The number of hydrogen-bond acceptors (Lipinski definition) is 2. The monoisotopic (exact) mass is 295 g/mol. The molecular formula is C19H37NO. The van der Waals surface area contributed by atoms with Gasteiger partial charge in [0.15, 0.2) is 0 Å². The molecule has 1 N–H and O–H groups in total. The highest BCUT2D eigenvalue weighted by Gasteiger charge is 2.45. The van der Waals surface area contributed by atoms with Crippen LogP contribution in [0.1, 0.15) is 85.5 Å². The van der Waals surface area contributed by atoms with Crippen molar-refractivity contribution < 1.29 is 4.74 Å². The maximum atomic E-state index is 6.43. The average Bonchev–Trinajstić information content (AvgIpc) is 2.94. The number of hydrogen-bond donors (Lipinski definition) is 1. The Hall–Kier alpha value is -0.0800. The molecule has 1 unspecified atom stereocenters. The molecule has 0 amide bonds. The van der Waals surface area contributed by atoms with Gasteiger partial charge in [0.1, 0.15) is 0 Å². The molecule has 0 spiro atoms. The Labute approximate surface area is 132 Å². The van der Waals surface area contributed by atoms with Gasteiger partial charge in [0.05, 0.1) is 5.60 Å². The van der Waals surface area contributed by atoms with Gasteiger partial charge in [-0.2, -0.15) is 0 Å². The summed E-state index contributed by atoms with van der Waals surface area (Å²) >= 11 is 0. The second-order valence-corrected chi connectivity index (χ2v) is 8.16. The third kappa shape index (κ3) is 4.45. The minimum absolute atomic E-state index is 0.100. The van der Waals surface area contributed by atoms with Crippen LogP contribution in [0.4, 0.5) is 0 Å². The van der Waals surface area contributed by atoms with Gasteiger partial charge >= 0.3 is 0 Å². The van der Waals surface area contributed by atoms with Crippen molar-refractivity contribution in [1.29, 1.82) is 0 Å². The van der Waals surface area contributed by atoms with Gasteiger partial charge in [-0.3, -0.25) is 0 Å². The standard InChI is InChI=1S/C19H37NO/c1-5-20-17(15-16-9-7-8-10-16)19(21-6-2)13-11-18(3,4)12-14-19/h16-17,20H,5-15H2,1-4H3. The van der Waals surface area contributed by atoms with Gasteiger partial charge in [-0.1, -0.05) is 46.5 Å². The minimum Gasteiger partial charge on any atom is -0.374 e. The molecule has 2 aliphatic carbocycles. The highest BCUT2D eigenvalue weighted by Crippen LogP contribution is 2.45. The van der Waals surface area contributed by atoms with Crippen LogP contribution >= 0.6 is 0 Å². The first-order valence-electron chi connectivity index (χ1n) is 9.39. The van der Waals surface area contributed by atoms with E-state index in [0.29, 0.717) is 11.5 Å². The van der Waals surface area contributed by atoms with Crippen LogP contribution in [0.2, 0.25) is 0 Å². The van der Waals surface area contributed by atoms with Crippen molar-refractivity contribution >= 4 is 0 Å². The molecule has 0 aromatic heterocycles. The van der Waals surface area contributed by atoms with Crippen LogP contribution < -0.4 is 5.32 Å². The fraction of sp³-hybridized carbons (Fsp3) is 1.00. The van der Waals surface area contributed by atoms with Crippen LogP contribution in [-0.4, -0.2) is 24.8 Å². The maximum absolute atomic E-state index is 6.43. The van der Waals surface area contributed by atoms with Gasteiger partial charge in [-0.05, 0) is 56.9 Å². The average molecular weight is 296 g/mol. The molecule has 124 valence electrons. The summed E-state index contributed by atoms with van der Waals surface area (Å²) < 4.78 is 6.43. The van der Waals surface area contributed by atoms with Gasteiger partial charge in [0.2, 0.25) is 0 Å². The summed E-state index contributed by atoms with van der Waals surface area (Å²) in [6.45, 7) is 11.2. The van der Waals surface area contributed by atoms with Crippen molar-refractivity contribution in [1.82, 2.24) is 5.32 Å². The molecule has 0 aromatic carbocycles. The topological polar surface area (TPSA) is 21.3 Å². The van der Waals surface area contributed by atoms with Crippen molar-refractivity contribution in [3.05, 3.63) is 0 Å². The molecule has 2 saturated carbocycles. The van der Waals surface area contributed by atoms with E-state index in [-0.39, 0.29) is 5.60 Å². The maximum Gasteiger partial charge on any atom is 0.0835 e. The summed E-state index contributed by atoms with van der Waals surface area (Å²) in [5, 5.41) is 3.81. The Bertz CT molecular complexity index is 297. The zero-order valence-electron chi connectivity index (χ0n) is 14.8. The van der Waals surface area contributed by atoms with E-state index in [4.69, 9.17) is 4.74 Å². The smallest absolute Gasteiger partial charge is 0.0835 e. The summed E-state index contributed by atoms with van der Waals surface area (Å²) in [4.78, 5) is 0. The van der Waals surface area contributed by atoms with Gasteiger partial charge in [-0.15, -0.1) is 0 Å². The molecular weight excluding hydrogens is 258 g/mol. The number of ether oxygens (including phenoxy) is 1. The van der Waals surface area contributed by atoms with Crippen LogP contribution in [0.3, 0.4) is 0 Å². The number of nitrogens with one attached hydrogen (secondary N) is 1. The normalized spacial score (nSPS) is 26.9. The fourth-order valence-electron chi connectivity index (χ4n) is 4.54. The van der Waals surface area contributed by atoms with Crippen molar-refractivity contribution in [3.63, 3.8) is 0 Å². The van der Waals surface area contributed by atoms with E-state index < -0.39 is 0 Å². The summed E-state index contributed by atoms with van der Waals surface area (Å²) in [5.41, 5.74) is 0.605. The van der Waals surface area contributed by atoms with E-state index in [0.717, 1.165) is 19.1 Å². The van der Waals surface area contributed by atoms with Crippen LogP contribution in [0, 0.1) is 11.3 Å². The first-order chi connectivity index (χ1) is 10.0. The molecule has 0 radical (unpaired) electrons. The third-order valence-electron chi connectivity index (χ3n) is 6.01. The van der Waals surface area contributed by atoms with Crippen LogP contribution in [-0.2, 0) is 4.74 Å². The SMILES string of the molecule is CCNC(CC1CCCC1)C1(OCC)CCC(C)(C)CC1. The lowest BCUT2D eigenvalue weighted by Gasteiger charge is -2.48. The van der Waals surface area contributed by atoms with Crippen LogP contribution in [0.15, 0.2) is 0 Å². The number of rotatable bonds is 7. The van der Waals surface area contributed by atoms with E-state index >= 15 is 0 Å². The second-order valence-electron chi connectivity index (χ2n) is 8.16. The minimum atomic E-state index is 0.100. The predicted molar refractivity (Wildman–Crippen MR) is 90.6 cm³/mol. The van der Waals surface area contributed by atoms with E-state index in [1.54, 1.807) is 0 Å². The van der Waals surface area contributed by atoms with Crippen molar-refractivity contribution in [2.75, 3.05) is 13.2 Å². The van der Waals surface area contributed by atoms with E-state index in [1.807, 2.05) is 0 Å². The Morgan fingerprint density at radius 3 is 2.19 bits per heavy atom. The molecule has 0 aliphatic heterocycles. The van der Waals surface area contributed by atoms with Crippen molar-refractivity contribution in [3.8, 4) is 0 Å². The second kappa shape index (κ2) is 7.46. The summed E-state index contributed by atoms with van der Waals surface area (Å²) in [6.07, 6.45) is 12.2. The summed E-state index contributed by atoms with van der Waals surface area (Å²) in [5.74, 6) is 0.932. The van der Waals surface area contributed by atoms with Crippen LogP contribution in [0.5, 0.6) is 0 Å². The Morgan fingerprint density at radius 1 is 1.05 bits per heavy atom. The molecule has 0 saturated heterocycles. The molecule has 1 atom stereocenters. The molecule has 0 aromatic rings. The Kier molecular flexibility index (Phi) is 6.14. The molecule has 2 nitrogen and oxygen atoms in total. The molecule has 0 bridgehead atoms. The zero-order valence-corrected chi connectivity index (χ0v) is 14.8. The van der Waals surface area contributed by atoms with E-state index in [9.17, 15) is 0 Å². The lowest BCUT2D eigenvalue weighted by molar-refractivity contribution is -0.110. The summed E-state index contributed by atoms with van der Waals surface area (Å²) in [7, 11) is 0. The fourth-order valence-corrected chi connectivity index (χ4v) is 4.54. The molecule has 2 aliphatic rings. The van der Waals surface area contributed by atoms with Crippen molar-refractivity contribution in [2.45, 2.75) is 97.1 Å². The van der Waals surface area contributed by atoms with Gasteiger partial charge in [0, 0.05) is 12.6 Å². The quantitative estimate of drug-likeness (QED) is 0.720. The first-order valence-corrected chi connectivity index (χ1v) is 9.39. The molecule has 2 fully saturated rings. The lowest BCUT2D eigenvalue weighted by Crippen LogP contribution is -2.55. The van der Waals surface area contributed by atoms with E-state index in [2.05, 4.69) is 33.0 Å². The van der Waals surface area contributed by atoms with Gasteiger partial charge in [0.25, 0.3) is 0 Å². The molecule has 2 rings (SSSR count). The highest BCUT2D eigenvalue weighted by atomic mass is 16.5. The zero-order chi connectivity index (χ0) is 15.3. The van der Waals surface area contributed by atoms with Gasteiger partial charge < -0.3 is 10.1 Å². The van der Waals surface area contributed by atoms with Crippen molar-refractivity contribution in [2.24, 2.45) is 11.3 Å². The van der Waals surface area contributed by atoms with Crippen LogP contribution in [0.25, 0.3) is 0 Å². The largest absolute Gasteiger partial charge is 0.374 e. The lowest BCUT2D eigenvalue weighted by atomic mass is 9.67.